The normalized spacial score (nSPS) is 42.5. The van der Waals surface area contributed by atoms with Crippen molar-refractivity contribution >= 4 is 11.6 Å². The molecule has 1 aromatic rings. The molecule has 0 N–H and O–H groups in total. The van der Waals surface area contributed by atoms with E-state index in [0.29, 0.717) is 17.5 Å². The lowest BCUT2D eigenvalue weighted by atomic mass is 9.45. The summed E-state index contributed by atoms with van der Waals surface area (Å²) in [5, 5.41) is 0. The quantitative estimate of drug-likeness (QED) is 0.774. The van der Waals surface area contributed by atoms with Gasteiger partial charge in [0.2, 0.25) is 0 Å². The van der Waals surface area contributed by atoms with E-state index >= 15 is 0 Å². The van der Waals surface area contributed by atoms with Crippen LogP contribution in [0.2, 0.25) is 0 Å². The molecule has 6 rings (SSSR count). The van der Waals surface area contributed by atoms with Gasteiger partial charge < -0.3 is 0 Å². The molecule has 0 heterocycles. The topological polar surface area (TPSA) is 34.1 Å². The van der Waals surface area contributed by atoms with Crippen LogP contribution in [0.4, 0.5) is 0 Å². The van der Waals surface area contributed by atoms with E-state index in [2.05, 4.69) is 0 Å². The third-order valence-corrected chi connectivity index (χ3v) is 7.02. The van der Waals surface area contributed by atoms with E-state index in [-0.39, 0.29) is 22.9 Å². The fraction of sp³-hybridized carbons (Fsp3) is 0.600. The van der Waals surface area contributed by atoms with Gasteiger partial charge >= 0.3 is 0 Å². The zero-order valence-corrected chi connectivity index (χ0v) is 12.9. The Morgan fingerprint density at radius 1 is 0.818 bits per heavy atom. The summed E-state index contributed by atoms with van der Waals surface area (Å²) in [6, 6.07) is 7.45. The Morgan fingerprint density at radius 3 is 1.95 bits per heavy atom. The summed E-state index contributed by atoms with van der Waals surface area (Å²) < 4.78 is 0. The van der Waals surface area contributed by atoms with Crippen LogP contribution in [-0.2, 0) is 0 Å². The molecule has 114 valence electrons. The lowest BCUT2D eigenvalue weighted by Crippen LogP contribution is -2.52. The van der Waals surface area contributed by atoms with Crippen molar-refractivity contribution in [3.8, 4) is 0 Å². The SMILES string of the molecule is O=C1C[C@@H](C23CC4CC(CC(C4)C2)C3)C(=O)c2ccccc21. The number of rotatable bonds is 1. The van der Waals surface area contributed by atoms with Gasteiger partial charge in [0.15, 0.2) is 11.6 Å². The van der Waals surface area contributed by atoms with Crippen LogP contribution < -0.4 is 0 Å². The molecule has 1 atom stereocenters. The highest BCUT2D eigenvalue weighted by Gasteiger charge is 2.57. The summed E-state index contributed by atoms with van der Waals surface area (Å²) in [5.74, 6) is 2.89. The summed E-state index contributed by atoms with van der Waals surface area (Å²) in [6.07, 6.45) is 8.20. The van der Waals surface area contributed by atoms with Gasteiger partial charge in [-0.25, -0.2) is 0 Å². The van der Waals surface area contributed by atoms with E-state index in [0.717, 1.165) is 17.8 Å². The first-order valence-corrected chi connectivity index (χ1v) is 8.81. The molecule has 1 aromatic carbocycles. The van der Waals surface area contributed by atoms with Gasteiger partial charge in [-0.3, -0.25) is 9.59 Å². The Kier molecular flexibility index (Phi) is 2.55. The van der Waals surface area contributed by atoms with Crippen LogP contribution in [0.3, 0.4) is 0 Å². The Labute approximate surface area is 131 Å². The molecular formula is C20H22O2. The molecule has 2 heteroatoms. The smallest absolute Gasteiger partial charge is 0.167 e. The number of hydrogen-bond donors (Lipinski definition) is 0. The van der Waals surface area contributed by atoms with Gasteiger partial charge in [-0.2, -0.15) is 0 Å². The van der Waals surface area contributed by atoms with Gasteiger partial charge in [0.1, 0.15) is 0 Å². The van der Waals surface area contributed by atoms with Crippen molar-refractivity contribution in [2.24, 2.45) is 29.1 Å². The van der Waals surface area contributed by atoms with Crippen LogP contribution >= 0.6 is 0 Å². The van der Waals surface area contributed by atoms with Crippen LogP contribution in [0.25, 0.3) is 0 Å². The van der Waals surface area contributed by atoms with Crippen molar-refractivity contribution in [3.05, 3.63) is 35.4 Å². The van der Waals surface area contributed by atoms with Crippen molar-refractivity contribution in [3.63, 3.8) is 0 Å². The fourth-order valence-electron chi connectivity index (χ4n) is 6.62. The molecule has 0 aliphatic heterocycles. The van der Waals surface area contributed by atoms with Crippen LogP contribution in [0.1, 0.15) is 65.7 Å². The fourth-order valence-corrected chi connectivity index (χ4v) is 6.62. The van der Waals surface area contributed by atoms with Gasteiger partial charge in [-0.1, -0.05) is 24.3 Å². The van der Waals surface area contributed by atoms with Crippen molar-refractivity contribution < 1.29 is 9.59 Å². The molecule has 2 nitrogen and oxygen atoms in total. The molecular weight excluding hydrogens is 272 g/mol. The molecule has 0 unspecified atom stereocenters. The Bertz CT molecular complexity index is 637. The lowest BCUT2D eigenvalue weighted by Gasteiger charge is -2.59. The zero-order chi connectivity index (χ0) is 14.9. The zero-order valence-electron chi connectivity index (χ0n) is 12.9. The van der Waals surface area contributed by atoms with Crippen molar-refractivity contribution in [1.29, 1.82) is 0 Å². The van der Waals surface area contributed by atoms with Crippen molar-refractivity contribution in [1.82, 2.24) is 0 Å². The van der Waals surface area contributed by atoms with Crippen LogP contribution in [0.15, 0.2) is 24.3 Å². The predicted octanol–water partition coefficient (Wildman–Crippen LogP) is 4.29. The second-order valence-corrected chi connectivity index (χ2v) is 8.37. The molecule has 22 heavy (non-hydrogen) atoms. The third-order valence-electron chi connectivity index (χ3n) is 7.02. The maximum Gasteiger partial charge on any atom is 0.167 e. The third kappa shape index (κ3) is 1.67. The first kappa shape index (κ1) is 13.0. The number of Topliss-reactive ketones (excluding diaryl/α,β-unsaturated/α-hetero) is 2. The van der Waals surface area contributed by atoms with E-state index in [1.165, 1.54) is 38.5 Å². The standard InChI is InChI=1S/C20H22O2/c21-18-8-17(19(22)16-4-2-1-3-15(16)18)20-9-12-5-13(10-20)7-14(6-12)11-20/h1-4,12-14,17H,5-11H2/t12?,13?,14?,17-,20?/m1/s1. The maximum atomic E-state index is 13.1. The summed E-state index contributed by atoms with van der Waals surface area (Å²) in [4.78, 5) is 25.7. The number of carbonyl (C=O) groups excluding carboxylic acids is 2. The minimum atomic E-state index is -0.0386. The van der Waals surface area contributed by atoms with E-state index in [4.69, 9.17) is 0 Å². The molecule has 4 fully saturated rings. The highest BCUT2D eigenvalue weighted by atomic mass is 16.1. The first-order chi connectivity index (χ1) is 10.6. The Morgan fingerprint density at radius 2 is 1.36 bits per heavy atom. The molecule has 0 radical (unpaired) electrons. The summed E-state index contributed by atoms with van der Waals surface area (Å²) in [6.45, 7) is 0. The van der Waals surface area contributed by atoms with Crippen LogP contribution in [0.5, 0.6) is 0 Å². The monoisotopic (exact) mass is 294 g/mol. The van der Waals surface area contributed by atoms with Gasteiger partial charge in [0.25, 0.3) is 0 Å². The highest BCUT2D eigenvalue weighted by Crippen LogP contribution is 2.64. The Balaban J connectivity index is 1.57. The van der Waals surface area contributed by atoms with Crippen LogP contribution in [-0.4, -0.2) is 11.6 Å². The molecule has 5 aliphatic carbocycles. The number of fused-ring (bicyclic) bond motifs is 1. The van der Waals surface area contributed by atoms with Crippen molar-refractivity contribution in [2.75, 3.05) is 0 Å². The van der Waals surface area contributed by atoms with Gasteiger partial charge in [-0.15, -0.1) is 0 Å². The summed E-state index contributed by atoms with van der Waals surface area (Å²) in [5.41, 5.74) is 1.50. The van der Waals surface area contributed by atoms with Gasteiger partial charge in [-0.05, 0) is 61.7 Å². The van der Waals surface area contributed by atoms with E-state index < -0.39 is 0 Å². The number of carbonyl (C=O) groups is 2. The van der Waals surface area contributed by atoms with Gasteiger partial charge in [0.05, 0.1) is 0 Å². The largest absolute Gasteiger partial charge is 0.294 e. The highest BCUT2D eigenvalue weighted by molar-refractivity contribution is 6.15. The summed E-state index contributed by atoms with van der Waals surface area (Å²) >= 11 is 0. The lowest BCUT2D eigenvalue weighted by molar-refractivity contribution is -0.0786. The average Bonchev–Trinajstić information content (AvgIpc) is 2.49. The second kappa shape index (κ2) is 4.31. The van der Waals surface area contributed by atoms with E-state index in [1.54, 1.807) is 0 Å². The minimum absolute atomic E-state index is 0.0386. The number of ketones is 2. The molecule has 0 amide bonds. The predicted molar refractivity (Wildman–Crippen MR) is 83.8 cm³/mol. The summed E-state index contributed by atoms with van der Waals surface area (Å²) in [7, 11) is 0. The first-order valence-electron chi connectivity index (χ1n) is 8.81. The second-order valence-electron chi connectivity index (χ2n) is 8.37. The minimum Gasteiger partial charge on any atom is -0.294 e. The number of hydrogen-bond acceptors (Lipinski definition) is 2. The molecule has 0 aromatic heterocycles. The molecule has 0 spiro atoms. The molecule has 4 saturated carbocycles. The van der Waals surface area contributed by atoms with E-state index in [1.807, 2.05) is 24.3 Å². The number of benzene rings is 1. The Hall–Kier alpha value is -1.44. The maximum absolute atomic E-state index is 13.1. The van der Waals surface area contributed by atoms with Crippen LogP contribution in [0, 0.1) is 29.1 Å². The molecule has 5 aliphatic rings. The van der Waals surface area contributed by atoms with Gasteiger partial charge in [0, 0.05) is 23.5 Å². The molecule has 4 bridgehead atoms. The average molecular weight is 294 g/mol. The molecule has 0 saturated heterocycles. The van der Waals surface area contributed by atoms with Crippen molar-refractivity contribution in [2.45, 2.75) is 44.9 Å². The van der Waals surface area contributed by atoms with E-state index in [9.17, 15) is 9.59 Å².